The van der Waals surface area contributed by atoms with Crippen molar-refractivity contribution in [3.63, 3.8) is 0 Å². The highest BCUT2D eigenvalue weighted by molar-refractivity contribution is 5.76. The molecule has 0 spiro atoms. The number of aromatic nitrogens is 2. The summed E-state index contributed by atoms with van der Waals surface area (Å²) in [6.45, 7) is 3.04. The molecule has 138 valence electrons. The molecule has 1 aromatic carbocycles. The van der Waals surface area contributed by atoms with Crippen LogP contribution < -0.4 is 5.32 Å². The van der Waals surface area contributed by atoms with Crippen molar-refractivity contribution in [2.24, 2.45) is 5.92 Å². The molecule has 0 radical (unpaired) electrons. The SMILES string of the molecule is O=C(CC1CC1)NCC[C@H]1CN(Cc2cccc(F)c2)Cc2ccnn21. The van der Waals surface area contributed by atoms with Crippen molar-refractivity contribution >= 4 is 5.91 Å². The van der Waals surface area contributed by atoms with Crippen LogP contribution in [0.15, 0.2) is 36.5 Å². The molecule has 2 aromatic rings. The first kappa shape index (κ1) is 17.2. The van der Waals surface area contributed by atoms with E-state index in [1.54, 1.807) is 12.1 Å². The van der Waals surface area contributed by atoms with Crippen LogP contribution in [0.2, 0.25) is 0 Å². The van der Waals surface area contributed by atoms with Crippen molar-refractivity contribution in [1.82, 2.24) is 20.0 Å². The summed E-state index contributed by atoms with van der Waals surface area (Å²) in [7, 11) is 0. The summed E-state index contributed by atoms with van der Waals surface area (Å²) in [5.74, 6) is 0.587. The highest BCUT2D eigenvalue weighted by Gasteiger charge is 2.26. The molecule has 1 fully saturated rings. The number of nitrogens with one attached hydrogen (secondary N) is 1. The van der Waals surface area contributed by atoms with Gasteiger partial charge in [-0.25, -0.2) is 4.39 Å². The monoisotopic (exact) mass is 356 g/mol. The molecule has 0 saturated heterocycles. The van der Waals surface area contributed by atoms with Gasteiger partial charge in [-0.15, -0.1) is 0 Å². The lowest BCUT2D eigenvalue weighted by molar-refractivity contribution is -0.121. The van der Waals surface area contributed by atoms with E-state index in [-0.39, 0.29) is 17.8 Å². The minimum absolute atomic E-state index is 0.167. The highest BCUT2D eigenvalue weighted by atomic mass is 19.1. The molecule has 0 bridgehead atoms. The second-order valence-corrected chi connectivity index (χ2v) is 7.51. The lowest BCUT2D eigenvalue weighted by Gasteiger charge is -2.34. The maximum Gasteiger partial charge on any atom is 0.220 e. The first-order chi connectivity index (χ1) is 12.7. The molecule has 1 atom stereocenters. The van der Waals surface area contributed by atoms with Gasteiger partial charge < -0.3 is 5.32 Å². The van der Waals surface area contributed by atoms with Gasteiger partial charge in [-0.3, -0.25) is 14.4 Å². The molecule has 6 heteroatoms. The molecule has 26 heavy (non-hydrogen) atoms. The zero-order chi connectivity index (χ0) is 17.9. The summed E-state index contributed by atoms with van der Waals surface area (Å²) in [6.07, 6.45) is 5.75. The molecule has 4 rings (SSSR count). The van der Waals surface area contributed by atoms with Crippen molar-refractivity contribution in [1.29, 1.82) is 0 Å². The van der Waals surface area contributed by atoms with Crippen molar-refractivity contribution < 1.29 is 9.18 Å². The van der Waals surface area contributed by atoms with E-state index in [0.29, 0.717) is 25.4 Å². The van der Waals surface area contributed by atoms with Gasteiger partial charge in [0.05, 0.1) is 11.7 Å². The van der Waals surface area contributed by atoms with E-state index in [0.717, 1.165) is 25.1 Å². The van der Waals surface area contributed by atoms with Gasteiger partial charge >= 0.3 is 0 Å². The van der Waals surface area contributed by atoms with Crippen LogP contribution in [0.1, 0.15) is 43.0 Å². The Morgan fingerprint density at radius 1 is 1.31 bits per heavy atom. The highest BCUT2D eigenvalue weighted by Crippen LogP contribution is 2.32. The van der Waals surface area contributed by atoms with Gasteiger partial charge in [-0.2, -0.15) is 5.10 Å². The van der Waals surface area contributed by atoms with Crippen LogP contribution in [0.4, 0.5) is 4.39 Å². The average Bonchev–Trinajstić information content (AvgIpc) is 3.28. The van der Waals surface area contributed by atoms with E-state index in [1.165, 1.54) is 24.6 Å². The van der Waals surface area contributed by atoms with Crippen LogP contribution in [-0.2, 0) is 17.9 Å². The van der Waals surface area contributed by atoms with E-state index in [9.17, 15) is 9.18 Å². The Morgan fingerprint density at radius 3 is 3.00 bits per heavy atom. The molecule has 2 heterocycles. The molecule has 1 N–H and O–H groups in total. The Bertz CT molecular complexity index is 771. The van der Waals surface area contributed by atoms with Gasteiger partial charge in [-0.05, 0) is 48.9 Å². The molecule has 5 nitrogen and oxygen atoms in total. The Morgan fingerprint density at radius 2 is 2.19 bits per heavy atom. The van der Waals surface area contributed by atoms with E-state index in [1.807, 2.05) is 18.3 Å². The van der Waals surface area contributed by atoms with E-state index in [4.69, 9.17) is 0 Å². The number of hydrogen-bond donors (Lipinski definition) is 1. The molecule has 2 aliphatic rings. The quantitative estimate of drug-likeness (QED) is 0.830. The first-order valence-electron chi connectivity index (χ1n) is 9.43. The molecule has 1 aromatic heterocycles. The lowest BCUT2D eigenvalue weighted by Crippen LogP contribution is -2.39. The van der Waals surface area contributed by atoms with Crippen molar-refractivity contribution in [2.45, 2.75) is 44.8 Å². The zero-order valence-electron chi connectivity index (χ0n) is 14.9. The van der Waals surface area contributed by atoms with Crippen molar-refractivity contribution in [2.75, 3.05) is 13.1 Å². The van der Waals surface area contributed by atoms with Gasteiger partial charge in [0.15, 0.2) is 0 Å². The fourth-order valence-electron chi connectivity index (χ4n) is 3.73. The Hall–Kier alpha value is -2.21. The fraction of sp³-hybridized carbons (Fsp3) is 0.500. The number of rotatable bonds is 7. The standard InChI is InChI=1S/C20H25FN4O/c21-17-3-1-2-16(10-17)12-24-13-18(25-19(14-24)7-9-23-25)6-8-22-20(26)11-15-4-5-15/h1-3,7,9-10,15,18H,4-6,8,11-14H2,(H,22,26)/t18-/m0/s1. The summed E-state index contributed by atoms with van der Waals surface area (Å²) >= 11 is 0. The van der Waals surface area contributed by atoms with Crippen LogP contribution in [-0.4, -0.2) is 33.7 Å². The summed E-state index contributed by atoms with van der Waals surface area (Å²) in [6, 6.07) is 9.05. The van der Waals surface area contributed by atoms with Gasteiger partial charge in [0.1, 0.15) is 5.82 Å². The third-order valence-electron chi connectivity index (χ3n) is 5.22. The number of halogens is 1. The molecule has 1 saturated carbocycles. The molecule has 1 aliphatic heterocycles. The molecule has 1 amide bonds. The Labute approximate surface area is 153 Å². The van der Waals surface area contributed by atoms with E-state index < -0.39 is 0 Å². The smallest absolute Gasteiger partial charge is 0.220 e. The van der Waals surface area contributed by atoms with Gasteiger partial charge in [0.25, 0.3) is 0 Å². The second kappa shape index (κ2) is 7.58. The summed E-state index contributed by atoms with van der Waals surface area (Å²) in [4.78, 5) is 14.2. The van der Waals surface area contributed by atoms with Crippen LogP contribution in [0.5, 0.6) is 0 Å². The maximum absolute atomic E-state index is 13.5. The van der Waals surface area contributed by atoms with Crippen molar-refractivity contribution in [3.8, 4) is 0 Å². The van der Waals surface area contributed by atoms with Crippen LogP contribution in [0, 0.1) is 11.7 Å². The zero-order valence-corrected chi connectivity index (χ0v) is 14.9. The molecule has 0 unspecified atom stereocenters. The van der Waals surface area contributed by atoms with E-state index in [2.05, 4.69) is 20.0 Å². The molecular weight excluding hydrogens is 331 g/mol. The first-order valence-corrected chi connectivity index (χ1v) is 9.43. The summed E-state index contributed by atoms with van der Waals surface area (Å²) < 4.78 is 15.5. The number of carbonyl (C=O) groups is 1. The van der Waals surface area contributed by atoms with Crippen LogP contribution >= 0.6 is 0 Å². The molecule has 1 aliphatic carbocycles. The van der Waals surface area contributed by atoms with Gasteiger partial charge in [0, 0.05) is 38.8 Å². The lowest BCUT2D eigenvalue weighted by atomic mass is 10.1. The minimum atomic E-state index is -0.195. The van der Waals surface area contributed by atoms with E-state index >= 15 is 0 Å². The predicted molar refractivity (Wildman–Crippen MR) is 96.7 cm³/mol. The number of nitrogens with zero attached hydrogens (tertiary/aromatic N) is 3. The van der Waals surface area contributed by atoms with Gasteiger partial charge in [0.2, 0.25) is 5.91 Å². The number of carbonyl (C=O) groups excluding carboxylic acids is 1. The summed E-state index contributed by atoms with van der Waals surface area (Å²) in [5, 5.41) is 7.52. The summed E-state index contributed by atoms with van der Waals surface area (Å²) in [5.41, 5.74) is 2.15. The third-order valence-corrected chi connectivity index (χ3v) is 5.22. The number of fused-ring (bicyclic) bond motifs is 1. The normalized spacial score (nSPS) is 20.0. The average molecular weight is 356 g/mol. The van der Waals surface area contributed by atoms with Gasteiger partial charge in [-0.1, -0.05) is 12.1 Å². The largest absolute Gasteiger partial charge is 0.356 e. The third kappa shape index (κ3) is 4.30. The molecular formula is C20H25FN4O. The number of hydrogen-bond acceptors (Lipinski definition) is 3. The topological polar surface area (TPSA) is 50.2 Å². The Kier molecular flexibility index (Phi) is 5.02. The second-order valence-electron chi connectivity index (χ2n) is 7.51. The van der Waals surface area contributed by atoms with Crippen LogP contribution in [0.3, 0.4) is 0 Å². The number of benzene rings is 1. The number of amides is 1. The predicted octanol–water partition coefficient (Wildman–Crippen LogP) is 2.89. The fourth-order valence-corrected chi connectivity index (χ4v) is 3.73. The van der Waals surface area contributed by atoms with Crippen LogP contribution in [0.25, 0.3) is 0 Å². The Balaban J connectivity index is 1.35. The maximum atomic E-state index is 13.5. The van der Waals surface area contributed by atoms with Crippen molar-refractivity contribution in [3.05, 3.63) is 53.6 Å². The minimum Gasteiger partial charge on any atom is -0.356 e.